The molecule has 0 bridgehead atoms. The Morgan fingerprint density at radius 3 is 2.76 bits per heavy atom. The minimum atomic E-state index is 0.852. The zero-order valence-corrected chi connectivity index (χ0v) is 16.5. The Bertz CT molecular complexity index is 494. The summed E-state index contributed by atoms with van der Waals surface area (Å²) >= 11 is 1.87. The van der Waals surface area contributed by atoms with Crippen LogP contribution >= 0.6 is 11.8 Å². The average Bonchev–Trinajstić information content (AvgIpc) is 2.84. The Kier molecular flexibility index (Phi) is 9.77. The number of nitrogens with zero attached hydrogens (tertiary/aromatic N) is 3. The monoisotopic (exact) mass is 363 g/mol. The highest BCUT2D eigenvalue weighted by atomic mass is 32.2. The summed E-state index contributed by atoms with van der Waals surface area (Å²) in [4.78, 5) is 11.0. The van der Waals surface area contributed by atoms with Crippen LogP contribution in [0.2, 0.25) is 0 Å². The molecule has 1 aliphatic rings. The predicted octanol–water partition coefficient (Wildman–Crippen LogP) is 1.97. The van der Waals surface area contributed by atoms with E-state index in [1.165, 1.54) is 31.0 Å². The molecule has 25 heavy (non-hydrogen) atoms. The van der Waals surface area contributed by atoms with E-state index in [0.29, 0.717) is 0 Å². The number of thioether (sulfide) groups is 1. The van der Waals surface area contributed by atoms with Gasteiger partial charge in [0.1, 0.15) is 0 Å². The molecule has 140 valence electrons. The standard InChI is InChI=1S/C19H33N5S/c1-3-20-19(22-11-17-25-18-8-5-4-6-9-18)21-10-14-24-13-7-12-23(2)15-16-24/h4-6,8-9H,3,7,10-17H2,1-2H3,(H2,20,21,22). The first-order chi connectivity index (χ1) is 12.3. The molecule has 0 radical (unpaired) electrons. The van der Waals surface area contributed by atoms with Crippen LogP contribution in [0.25, 0.3) is 0 Å². The van der Waals surface area contributed by atoms with Crippen LogP contribution in [0.3, 0.4) is 0 Å². The largest absolute Gasteiger partial charge is 0.357 e. The van der Waals surface area contributed by atoms with Crippen molar-refractivity contribution in [1.29, 1.82) is 0 Å². The zero-order valence-electron chi connectivity index (χ0n) is 15.7. The maximum Gasteiger partial charge on any atom is 0.191 e. The molecule has 5 nitrogen and oxygen atoms in total. The van der Waals surface area contributed by atoms with E-state index in [1.807, 2.05) is 11.8 Å². The SMILES string of the molecule is CCNC(=NCCN1CCCN(C)CC1)NCCSc1ccccc1. The van der Waals surface area contributed by atoms with Crippen LogP contribution in [0.5, 0.6) is 0 Å². The number of guanidine groups is 1. The molecule has 1 aromatic carbocycles. The molecule has 1 aromatic rings. The molecule has 0 spiro atoms. The first kappa shape index (κ1) is 20.1. The van der Waals surface area contributed by atoms with Gasteiger partial charge >= 0.3 is 0 Å². The minimum absolute atomic E-state index is 0.852. The van der Waals surface area contributed by atoms with E-state index in [9.17, 15) is 0 Å². The summed E-state index contributed by atoms with van der Waals surface area (Å²) in [5.41, 5.74) is 0. The number of likely N-dealkylation sites (N-methyl/N-ethyl adjacent to an activating group) is 1. The van der Waals surface area contributed by atoms with Gasteiger partial charge in [-0.25, -0.2) is 0 Å². The van der Waals surface area contributed by atoms with Gasteiger partial charge in [0.05, 0.1) is 6.54 Å². The van der Waals surface area contributed by atoms with Crippen molar-refractivity contribution in [3.05, 3.63) is 30.3 Å². The Morgan fingerprint density at radius 2 is 1.96 bits per heavy atom. The molecule has 1 saturated heterocycles. The van der Waals surface area contributed by atoms with Crippen LogP contribution in [0.1, 0.15) is 13.3 Å². The van der Waals surface area contributed by atoms with Crippen molar-refractivity contribution < 1.29 is 0 Å². The first-order valence-corrected chi connectivity index (χ1v) is 10.4. The van der Waals surface area contributed by atoms with Gasteiger partial charge in [-0.3, -0.25) is 4.99 Å². The topological polar surface area (TPSA) is 42.9 Å². The zero-order chi connectivity index (χ0) is 17.7. The number of aliphatic imine (C=N–C) groups is 1. The fraction of sp³-hybridized carbons (Fsp3) is 0.632. The van der Waals surface area contributed by atoms with E-state index in [2.05, 4.69) is 64.7 Å². The maximum atomic E-state index is 4.73. The summed E-state index contributed by atoms with van der Waals surface area (Å²) in [5.74, 6) is 1.97. The smallest absolute Gasteiger partial charge is 0.191 e. The van der Waals surface area contributed by atoms with Gasteiger partial charge < -0.3 is 20.4 Å². The van der Waals surface area contributed by atoms with Crippen molar-refractivity contribution in [3.63, 3.8) is 0 Å². The van der Waals surface area contributed by atoms with Crippen LogP contribution in [0.15, 0.2) is 40.2 Å². The normalized spacial score (nSPS) is 17.3. The van der Waals surface area contributed by atoms with Crippen molar-refractivity contribution in [3.8, 4) is 0 Å². The van der Waals surface area contributed by atoms with E-state index >= 15 is 0 Å². The quantitative estimate of drug-likeness (QED) is 0.320. The Labute approximate surface area is 157 Å². The fourth-order valence-corrected chi connectivity index (χ4v) is 3.61. The van der Waals surface area contributed by atoms with Gasteiger partial charge in [-0.2, -0.15) is 0 Å². The van der Waals surface area contributed by atoms with E-state index in [1.54, 1.807) is 0 Å². The van der Waals surface area contributed by atoms with Crippen LogP contribution in [-0.2, 0) is 0 Å². The number of benzene rings is 1. The van der Waals surface area contributed by atoms with Crippen molar-refractivity contribution in [1.82, 2.24) is 20.4 Å². The fourth-order valence-electron chi connectivity index (χ4n) is 2.82. The predicted molar refractivity (Wildman–Crippen MR) is 110 cm³/mol. The molecule has 0 unspecified atom stereocenters. The molecule has 1 heterocycles. The highest BCUT2D eigenvalue weighted by Crippen LogP contribution is 2.15. The second-order valence-electron chi connectivity index (χ2n) is 6.35. The van der Waals surface area contributed by atoms with Gasteiger partial charge in [-0.05, 0) is 45.6 Å². The number of nitrogens with one attached hydrogen (secondary N) is 2. The van der Waals surface area contributed by atoms with E-state index in [0.717, 1.165) is 44.4 Å². The van der Waals surface area contributed by atoms with Crippen molar-refractivity contribution in [2.24, 2.45) is 4.99 Å². The summed E-state index contributed by atoms with van der Waals surface area (Å²) in [6.45, 7) is 10.5. The molecule has 2 rings (SSSR count). The molecule has 1 aliphatic heterocycles. The lowest BCUT2D eigenvalue weighted by Gasteiger charge is -2.19. The Balaban J connectivity index is 1.66. The molecule has 2 N–H and O–H groups in total. The lowest BCUT2D eigenvalue weighted by Crippen LogP contribution is -2.39. The van der Waals surface area contributed by atoms with Gasteiger partial charge in [0.25, 0.3) is 0 Å². The van der Waals surface area contributed by atoms with Crippen LogP contribution in [-0.4, -0.2) is 80.9 Å². The molecule has 0 aromatic heterocycles. The summed E-state index contributed by atoms with van der Waals surface area (Å²) < 4.78 is 0. The molecule has 6 heteroatoms. The Hall–Kier alpha value is -1.24. The van der Waals surface area contributed by atoms with E-state index in [-0.39, 0.29) is 0 Å². The molecule has 0 atom stereocenters. The average molecular weight is 364 g/mol. The van der Waals surface area contributed by atoms with Crippen molar-refractivity contribution in [2.75, 3.05) is 65.2 Å². The van der Waals surface area contributed by atoms with Crippen LogP contribution < -0.4 is 10.6 Å². The third-order valence-electron chi connectivity index (χ3n) is 4.25. The van der Waals surface area contributed by atoms with E-state index < -0.39 is 0 Å². The highest BCUT2D eigenvalue weighted by Gasteiger charge is 2.11. The second kappa shape index (κ2) is 12.2. The van der Waals surface area contributed by atoms with Crippen molar-refractivity contribution in [2.45, 2.75) is 18.2 Å². The van der Waals surface area contributed by atoms with Crippen molar-refractivity contribution >= 4 is 17.7 Å². The first-order valence-electron chi connectivity index (χ1n) is 9.39. The molecule has 0 saturated carbocycles. The summed E-state index contributed by atoms with van der Waals surface area (Å²) in [5, 5.41) is 6.78. The lowest BCUT2D eigenvalue weighted by molar-refractivity contribution is 0.283. The molecular weight excluding hydrogens is 330 g/mol. The number of hydrogen-bond donors (Lipinski definition) is 2. The maximum absolute atomic E-state index is 4.73. The third-order valence-corrected chi connectivity index (χ3v) is 5.26. The second-order valence-corrected chi connectivity index (χ2v) is 7.52. The van der Waals surface area contributed by atoms with Crippen LogP contribution in [0, 0.1) is 0 Å². The Morgan fingerprint density at radius 1 is 1.12 bits per heavy atom. The van der Waals surface area contributed by atoms with Gasteiger partial charge in [0.15, 0.2) is 5.96 Å². The van der Waals surface area contributed by atoms with Gasteiger partial charge in [-0.1, -0.05) is 18.2 Å². The summed E-state index contributed by atoms with van der Waals surface area (Å²) in [7, 11) is 2.21. The number of rotatable bonds is 8. The van der Waals surface area contributed by atoms with E-state index in [4.69, 9.17) is 4.99 Å². The number of hydrogen-bond acceptors (Lipinski definition) is 4. The highest BCUT2D eigenvalue weighted by molar-refractivity contribution is 7.99. The summed E-state index contributed by atoms with van der Waals surface area (Å²) in [6, 6.07) is 10.5. The molecule has 0 aliphatic carbocycles. The molecule has 0 amide bonds. The van der Waals surface area contributed by atoms with Gasteiger partial charge in [0, 0.05) is 43.4 Å². The molecular formula is C19H33N5S. The van der Waals surface area contributed by atoms with Gasteiger partial charge in [0.2, 0.25) is 0 Å². The third kappa shape index (κ3) is 8.61. The summed E-state index contributed by atoms with van der Waals surface area (Å²) in [6.07, 6.45) is 1.26. The lowest BCUT2D eigenvalue weighted by atomic mass is 10.4. The van der Waals surface area contributed by atoms with Gasteiger partial charge in [-0.15, -0.1) is 11.8 Å². The van der Waals surface area contributed by atoms with Crippen LogP contribution in [0.4, 0.5) is 0 Å². The minimum Gasteiger partial charge on any atom is -0.357 e. The molecule has 1 fully saturated rings.